The largest absolute Gasteiger partial charge is 0.465 e. The molecular weight excluding hydrogens is 380 g/mol. The smallest absolute Gasteiger partial charge is 0.325 e. The minimum Gasteiger partial charge on any atom is -0.465 e. The van der Waals surface area contributed by atoms with Gasteiger partial charge in [0.25, 0.3) is 15.9 Å². The first-order valence-corrected chi connectivity index (χ1v) is 10.2. The fraction of sp³-hybridized carbons (Fsp3) is 0.300. The molecule has 0 atom stereocenters. The number of amides is 1. The van der Waals surface area contributed by atoms with Crippen LogP contribution in [0, 0.1) is 13.8 Å². The van der Waals surface area contributed by atoms with Gasteiger partial charge < -0.3 is 9.64 Å². The molecule has 28 heavy (non-hydrogen) atoms. The first-order valence-electron chi connectivity index (χ1n) is 8.76. The summed E-state index contributed by atoms with van der Waals surface area (Å²) in [6, 6.07) is 10.9. The molecule has 0 saturated carbocycles. The highest BCUT2D eigenvalue weighted by atomic mass is 32.2. The number of aryl methyl sites for hydroxylation is 1. The average Bonchev–Trinajstić information content (AvgIpc) is 2.65. The molecule has 1 amide bonds. The standard InChI is InChI=1S/C20H24N2O5S/c1-5-27-19(23)13-22(4)20(24)16-9-11-17(12-10-16)28(25,26)21-18-8-6-7-14(2)15(18)3/h6-12,21H,5,13H2,1-4H3. The maximum absolute atomic E-state index is 12.6. The Balaban J connectivity index is 2.15. The quantitative estimate of drug-likeness (QED) is 0.717. The molecule has 0 radical (unpaired) electrons. The number of hydrogen-bond donors (Lipinski definition) is 1. The van der Waals surface area contributed by atoms with Crippen LogP contribution in [0.5, 0.6) is 0 Å². The van der Waals surface area contributed by atoms with E-state index in [0.717, 1.165) is 11.1 Å². The zero-order chi connectivity index (χ0) is 20.9. The third-order valence-electron chi connectivity index (χ3n) is 4.28. The number of hydrogen-bond acceptors (Lipinski definition) is 5. The maximum atomic E-state index is 12.6. The molecule has 2 rings (SSSR count). The molecule has 0 fully saturated rings. The zero-order valence-electron chi connectivity index (χ0n) is 16.4. The molecule has 7 nitrogen and oxygen atoms in total. The summed E-state index contributed by atoms with van der Waals surface area (Å²) in [5.74, 6) is -0.908. The van der Waals surface area contributed by atoms with Crippen LogP contribution < -0.4 is 4.72 Å². The Bertz CT molecular complexity index is 969. The Labute approximate surface area is 165 Å². The van der Waals surface area contributed by atoms with Gasteiger partial charge in [0.15, 0.2) is 0 Å². The number of carbonyl (C=O) groups is 2. The van der Waals surface area contributed by atoms with Crippen molar-refractivity contribution in [3.05, 3.63) is 59.2 Å². The predicted octanol–water partition coefficient (Wildman–Crippen LogP) is 2.74. The summed E-state index contributed by atoms with van der Waals surface area (Å²) in [6.07, 6.45) is 0. The van der Waals surface area contributed by atoms with E-state index in [9.17, 15) is 18.0 Å². The lowest BCUT2D eigenvalue weighted by Gasteiger charge is -2.16. The van der Waals surface area contributed by atoms with Crippen molar-refractivity contribution in [3.63, 3.8) is 0 Å². The summed E-state index contributed by atoms with van der Waals surface area (Å²) in [6.45, 7) is 5.49. The summed E-state index contributed by atoms with van der Waals surface area (Å²) < 4.78 is 32.6. The number of carbonyl (C=O) groups excluding carboxylic acids is 2. The molecule has 0 aliphatic heterocycles. The first-order chi connectivity index (χ1) is 13.2. The van der Waals surface area contributed by atoms with Crippen LogP contribution in [0.1, 0.15) is 28.4 Å². The van der Waals surface area contributed by atoms with Crippen LogP contribution in [-0.4, -0.2) is 45.4 Å². The lowest BCUT2D eigenvalue weighted by atomic mass is 10.1. The SMILES string of the molecule is CCOC(=O)CN(C)C(=O)c1ccc(S(=O)(=O)Nc2cccc(C)c2C)cc1. The van der Waals surface area contributed by atoms with Crippen LogP contribution in [0.25, 0.3) is 0 Å². The van der Waals surface area contributed by atoms with E-state index in [2.05, 4.69) is 4.72 Å². The highest BCUT2D eigenvalue weighted by Gasteiger charge is 2.19. The summed E-state index contributed by atoms with van der Waals surface area (Å²) in [5.41, 5.74) is 2.61. The van der Waals surface area contributed by atoms with Crippen LogP contribution in [-0.2, 0) is 19.6 Å². The van der Waals surface area contributed by atoms with Crippen molar-refractivity contribution in [1.29, 1.82) is 0 Å². The Kier molecular flexibility index (Phi) is 6.80. The Morgan fingerprint density at radius 2 is 1.71 bits per heavy atom. The minimum atomic E-state index is -3.79. The van der Waals surface area contributed by atoms with Crippen LogP contribution in [0.2, 0.25) is 0 Å². The number of sulfonamides is 1. The Morgan fingerprint density at radius 1 is 1.07 bits per heavy atom. The molecule has 8 heteroatoms. The fourth-order valence-corrected chi connectivity index (χ4v) is 3.66. The molecule has 2 aromatic carbocycles. The van der Waals surface area contributed by atoms with Crippen LogP contribution in [0.3, 0.4) is 0 Å². The van der Waals surface area contributed by atoms with E-state index < -0.39 is 21.9 Å². The van der Waals surface area contributed by atoms with Crippen LogP contribution >= 0.6 is 0 Å². The highest BCUT2D eigenvalue weighted by molar-refractivity contribution is 7.92. The normalized spacial score (nSPS) is 11.0. The van der Waals surface area contributed by atoms with Gasteiger partial charge in [-0.3, -0.25) is 14.3 Å². The lowest BCUT2D eigenvalue weighted by Crippen LogP contribution is -2.33. The second kappa shape index (κ2) is 8.88. The molecule has 0 bridgehead atoms. The average molecular weight is 404 g/mol. The third kappa shape index (κ3) is 5.10. The van der Waals surface area contributed by atoms with E-state index in [1.165, 1.54) is 36.2 Å². The maximum Gasteiger partial charge on any atom is 0.325 e. The van der Waals surface area contributed by atoms with Crippen molar-refractivity contribution in [3.8, 4) is 0 Å². The summed E-state index contributed by atoms with van der Waals surface area (Å²) in [5, 5.41) is 0. The number of nitrogens with zero attached hydrogens (tertiary/aromatic N) is 1. The monoisotopic (exact) mass is 404 g/mol. The number of esters is 1. The topological polar surface area (TPSA) is 92.8 Å². The summed E-state index contributed by atoms with van der Waals surface area (Å²) in [4.78, 5) is 25.1. The van der Waals surface area contributed by atoms with Gasteiger partial charge in [0.05, 0.1) is 17.2 Å². The zero-order valence-corrected chi connectivity index (χ0v) is 17.2. The van der Waals surface area contributed by atoms with Crippen molar-refractivity contribution in [1.82, 2.24) is 4.90 Å². The number of rotatable bonds is 7. The fourth-order valence-electron chi connectivity index (χ4n) is 2.53. The number of anilines is 1. The predicted molar refractivity (Wildman–Crippen MR) is 107 cm³/mol. The molecule has 0 heterocycles. The number of benzene rings is 2. The second-order valence-corrected chi connectivity index (χ2v) is 8.03. The van der Waals surface area contributed by atoms with Gasteiger partial charge in [-0.25, -0.2) is 8.42 Å². The first kappa shape index (κ1) is 21.4. The van der Waals surface area contributed by atoms with E-state index in [1.54, 1.807) is 19.1 Å². The van der Waals surface area contributed by atoms with Gasteiger partial charge >= 0.3 is 5.97 Å². The number of ether oxygens (including phenoxy) is 1. The van der Waals surface area contributed by atoms with Gasteiger partial charge in [0.2, 0.25) is 0 Å². The van der Waals surface area contributed by atoms with Gasteiger partial charge in [0, 0.05) is 12.6 Å². The molecule has 0 aliphatic carbocycles. The summed E-state index contributed by atoms with van der Waals surface area (Å²) in [7, 11) is -2.31. The highest BCUT2D eigenvalue weighted by Crippen LogP contribution is 2.22. The van der Waals surface area contributed by atoms with Crippen molar-refractivity contribution in [2.24, 2.45) is 0 Å². The molecule has 0 saturated heterocycles. The van der Waals surface area contributed by atoms with E-state index in [4.69, 9.17) is 4.74 Å². The summed E-state index contributed by atoms with van der Waals surface area (Å²) >= 11 is 0. The molecule has 0 aromatic heterocycles. The second-order valence-electron chi connectivity index (χ2n) is 6.34. The van der Waals surface area contributed by atoms with Crippen LogP contribution in [0.4, 0.5) is 5.69 Å². The van der Waals surface area contributed by atoms with Gasteiger partial charge in [-0.05, 0) is 62.2 Å². The van der Waals surface area contributed by atoms with Crippen molar-refractivity contribution >= 4 is 27.6 Å². The molecule has 0 aliphatic rings. The van der Waals surface area contributed by atoms with Crippen molar-refractivity contribution in [2.75, 3.05) is 24.9 Å². The van der Waals surface area contributed by atoms with E-state index in [0.29, 0.717) is 5.69 Å². The van der Waals surface area contributed by atoms with Crippen molar-refractivity contribution < 1.29 is 22.7 Å². The lowest BCUT2D eigenvalue weighted by molar-refractivity contribution is -0.143. The minimum absolute atomic E-state index is 0.0398. The van der Waals surface area contributed by atoms with E-state index in [-0.39, 0.29) is 23.6 Å². The number of nitrogens with one attached hydrogen (secondary N) is 1. The van der Waals surface area contributed by atoms with Gasteiger partial charge in [-0.15, -0.1) is 0 Å². The van der Waals surface area contributed by atoms with Gasteiger partial charge in [-0.1, -0.05) is 12.1 Å². The number of likely N-dealkylation sites (N-methyl/N-ethyl adjacent to an activating group) is 1. The molecule has 1 N–H and O–H groups in total. The van der Waals surface area contributed by atoms with Crippen molar-refractivity contribution in [2.45, 2.75) is 25.7 Å². The Hall–Kier alpha value is -2.87. The molecular formula is C20H24N2O5S. The van der Waals surface area contributed by atoms with Gasteiger partial charge in [0.1, 0.15) is 6.54 Å². The van der Waals surface area contributed by atoms with Gasteiger partial charge in [-0.2, -0.15) is 0 Å². The molecule has 0 spiro atoms. The Morgan fingerprint density at radius 3 is 2.32 bits per heavy atom. The molecule has 150 valence electrons. The van der Waals surface area contributed by atoms with Crippen LogP contribution in [0.15, 0.2) is 47.4 Å². The van der Waals surface area contributed by atoms with E-state index in [1.807, 2.05) is 19.9 Å². The molecule has 2 aromatic rings. The molecule has 0 unspecified atom stereocenters. The third-order valence-corrected chi connectivity index (χ3v) is 5.66. The van der Waals surface area contributed by atoms with E-state index >= 15 is 0 Å².